The van der Waals surface area contributed by atoms with Crippen LogP contribution >= 0.6 is 24.8 Å². The first-order chi connectivity index (χ1) is 16.6. The molecule has 2 aliphatic rings. The van der Waals surface area contributed by atoms with Gasteiger partial charge in [-0.2, -0.15) is 0 Å². The van der Waals surface area contributed by atoms with Crippen LogP contribution in [-0.2, 0) is 20.9 Å². The van der Waals surface area contributed by atoms with Gasteiger partial charge >= 0.3 is 5.97 Å². The molecule has 196 valence electrons. The van der Waals surface area contributed by atoms with Crippen LogP contribution in [-0.4, -0.2) is 79.4 Å². The number of hydrogen-bond donors (Lipinski definition) is 1. The summed E-state index contributed by atoms with van der Waals surface area (Å²) >= 11 is 0. The molecule has 0 unspecified atom stereocenters. The van der Waals surface area contributed by atoms with Gasteiger partial charge < -0.3 is 19.7 Å². The van der Waals surface area contributed by atoms with E-state index >= 15 is 0 Å². The first-order valence-corrected chi connectivity index (χ1v) is 11.8. The van der Waals surface area contributed by atoms with Gasteiger partial charge in [-0.05, 0) is 55.8 Å². The van der Waals surface area contributed by atoms with E-state index in [1.54, 1.807) is 29.2 Å². The van der Waals surface area contributed by atoms with Crippen LogP contribution in [0.4, 0.5) is 0 Å². The molecule has 36 heavy (non-hydrogen) atoms. The van der Waals surface area contributed by atoms with Crippen LogP contribution in [0.2, 0.25) is 0 Å². The lowest BCUT2D eigenvalue weighted by atomic mass is 10.0. The summed E-state index contributed by atoms with van der Waals surface area (Å²) in [5.74, 6) is -0.101. The summed E-state index contributed by atoms with van der Waals surface area (Å²) in [5.41, 5.74) is 1.41. The quantitative estimate of drug-likeness (QED) is 0.388. The number of nitrogens with one attached hydrogen (secondary N) is 1. The third-order valence-corrected chi connectivity index (χ3v) is 6.28. The average molecular weight is 538 g/mol. The fourth-order valence-electron chi connectivity index (χ4n) is 4.30. The SMILES string of the molecule is Cl.Cl.O=C(COc1ccc(C(=O)CN2CCN(C3CCNCC3)CC2=O)cc1)OCc1ccccc1. The zero-order valence-electron chi connectivity index (χ0n) is 20.1. The third-order valence-electron chi connectivity index (χ3n) is 6.28. The Balaban J connectivity index is 0.00000228. The number of carbonyl (C=O) groups excluding carboxylic acids is 3. The van der Waals surface area contributed by atoms with Crippen molar-refractivity contribution in [1.29, 1.82) is 0 Å². The monoisotopic (exact) mass is 537 g/mol. The molecule has 2 fully saturated rings. The molecule has 2 aromatic carbocycles. The van der Waals surface area contributed by atoms with Gasteiger partial charge in [0.15, 0.2) is 12.4 Å². The second kappa shape index (κ2) is 14.8. The minimum atomic E-state index is -0.467. The van der Waals surface area contributed by atoms with Crippen LogP contribution < -0.4 is 10.1 Å². The molecule has 4 rings (SSSR count). The Bertz CT molecular complexity index is 985. The molecular weight excluding hydrogens is 505 g/mol. The summed E-state index contributed by atoms with van der Waals surface area (Å²) in [7, 11) is 0. The minimum absolute atomic E-state index is 0. The van der Waals surface area contributed by atoms with Crippen molar-refractivity contribution < 1.29 is 23.9 Å². The molecule has 2 aromatic rings. The first-order valence-electron chi connectivity index (χ1n) is 11.8. The highest BCUT2D eigenvalue weighted by Gasteiger charge is 2.30. The van der Waals surface area contributed by atoms with Crippen LogP contribution in [0.1, 0.15) is 28.8 Å². The summed E-state index contributed by atoms with van der Waals surface area (Å²) in [4.78, 5) is 41.1. The second-order valence-corrected chi connectivity index (χ2v) is 8.65. The summed E-state index contributed by atoms with van der Waals surface area (Å²) in [5, 5.41) is 3.35. The highest BCUT2D eigenvalue weighted by Crippen LogP contribution is 2.17. The number of ether oxygens (including phenoxy) is 2. The van der Waals surface area contributed by atoms with E-state index in [1.165, 1.54) is 0 Å². The van der Waals surface area contributed by atoms with Crippen molar-refractivity contribution in [3.8, 4) is 5.75 Å². The second-order valence-electron chi connectivity index (χ2n) is 8.65. The van der Waals surface area contributed by atoms with Gasteiger partial charge in [-0.25, -0.2) is 4.79 Å². The van der Waals surface area contributed by atoms with Crippen LogP contribution in [0.5, 0.6) is 5.75 Å². The summed E-state index contributed by atoms with van der Waals surface area (Å²) < 4.78 is 10.7. The smallest absolute Gasteiger partial charge is 0.344 e. The number of nitrogens with zero attached hydrogens (tertiary/aromatic N) is 2. The van der Waals surface area contributed by atoms with Crippen molar-refractivity contribution in [1.82, 2.24) is 15.1 Å². The number of ketones is 1. The molecule has 2 aliphatic heterocycles. The van der Waals surface area contributed by atoms with Crippen molar-refractivity contribution >= 4 is 42.5 Å². The number of amides is 1. The maximum atomic E-state index is 12.7. The molecule has 1 N–H and O–H groups in total. The highest BCUT2D eigenvalue weighted by molar-refractivity contribution is 5.99. The molecule has 0 aliphatic carbocycles. The van der Waals surface area contributed by atoms with E-state index < -0.39 is 5.97 Å². The van der Waals surface area contributed by atoms with Crippen LogP contribution in [0.25, 0.3) is 0 Å². The molecule has 0 aromatic heterocycles. The van der Waals surface area contributed by atoms with Crippen molar-refractivity contribution in [2.24, 2.45) is 0 Å². The van der Waals surface area contributed by atoms with Gasteiger partial charge in [0.2, 0.25) is 5.91 Å². The van der Waals surface area contributed by atoms with E-state index in [0.29, 0.717) is 30.4 Å². The van der Waals surface area contributed by atoms with E-state index in [2.05, 4.69) is 10.2 Å². The zero-order valence-corrected chi connectivity index (χ0v) is 21.7. The van der Waals surface area contributed by atoms with E-state index in [-0.39, 0.29) is 56.3 Å². The van der Waals surface area contributed by atoms with Crippen LogP contribution in [0.3, 0.4) is 0 Å². The van der Waals surface area contributed by atoms with Gasteiger partial charge in [0.25, 0.3) is 0 Å². The Kier molecular flexibility index (Phi) is 12.2. The van der Waals surface area contributed by atoms with Gasteiger partial charge in [-0.15, -0.1) is 24.8 Å². The standard InChI is InChI=1S/C26H31N3O5.2ClH/c30-24(16-29-15-14-28(17-25(29)31)22-10-12-27-13-11-22)21-6-8-23(9-7-21)33-19-26(32)34-18-20-4-2-1-3-5-20;;/h1-9,22,27H,10-19H2;2*1H. The molecule has 0 atom stereocenters. The van der Waals surface area contributed by atoms with Crippen molar-refractivity contribution in [2.45, 2.75) is 25.5 Å². The molecule has 2 heterocycles. The molecule has 0 bridgehead atoms. The zero-order chi connectivity index (χ0) is 23.8. The number of Topliss-reactive ketones (excluding diaryl/α,β-unsaturated/α-hetero) is 1. The Morgan fingerprint density at radius 1 is 0.944 bits per heavy atom. The number of benzene rings is 2. The summed E-state index contributed by atoms with van der Waals surface area (Å²) in [6.07, 6.45) is 2.12. The first kappa shape index (κ1) is 29.6. The number of esters is 1. The lowest BCUT2D eigenvalue weighted by Crippen LogP contribution is -2.56. The number of piperidine rings is 1. The van der Waals surface area contributed by atoms with Gasteiger partial charge in [0.05, 0.1) is 13.1 Å². The largest absolute Gasteiger partial charge is 0.482 e. The summed E-state index contributed by atoms with van der Waals surface area (Å²) in [6.45, 7) is 3.79. The lowest BCUT2D eigenvalue weighted by Gasteiger charge is -2.40. The molecular formula is C26H33Cl2N3O5. The van der Waals surface area contributed by atoms with Crippen molar-refractivity contribution in [2.75, 3.05) is 45.9 Å². The Hall–Kier alpha value is -2.65. The number of rotatable bonds is 9. The third kappa shape index (κ3) is 8.48. The predicted octanol–water partition coefficient (Wildman–Crippen LogP) is 2.73. The average Bonchev–Trinajstić information content (AvgIpc) is 2.89. The van der Waals surface area contributed by atoms with Crippen LogP contribution in [0.15, 0.2) is 54.6 Å². The highest BCUT2D eigenvalue weighted by atomic mass is 35.5. The van der Waals surface area contributed by atoms with Crippen LogP contribution in [0, 0.1) is 0 Å². The van der Waals surface area contributed by atoms with E-state index in [4.69, 9.17) is 9.47 Å². The van der Waals surface area contributed by atoms with E-state index in [0.717, 1.165) is 38.0 Å². The molecule has 1 amide bonds. The molecule has 0 saturated carbocycles. The topological polar surface area (TPSA) is 88.2 Å². The Labute approximate surface area is 224 Å². The summed E-state index contributed by atoms with van der Waals surface area (Å²) in [6, 6.07) is 16.5. The molecule has 8 nitrogen and oxygen atoms in total. The fourth-order valence-corrected chi connectivity index (χ4v) is 4.30. The number of piperazine rings is 1. The van der Waals surface area contributed by atoms with Crippen molar-refractivity contribution in [3.63, 3.8) is 0 Å². The van der Waals surface area contributed by atoms with E-state index in [9.17, 15) is 14.4 Å². The Morgan fingerprint density at radius 3 is 2.31 bits per heavy atom. The fraction of sp³-hybridized carbons (Fsp3) is 0.423. The maximum Gasteiger partial charge on any atom is 0.344 e. The van der Waals surface area contributed by atoms with E-state index in [1.807, 2.05) is 30.3 Å². The maximum absolute atomic E-state index is 12.7. The molecule has 0 spiro atoms. The minimum Gasteiger partial charge on any atom is -0.482 e. The van der Waals surface area contributed by atoms with Gasteiger partial charge in [-0.1, -0.05) is 30.3 Å². The number of halogens is 2. The van der Waals surface area contributed by atoms with Crippen molar-refractivity contribution in [3.05, 3.63) is 65.7 Å². The predicted molar refractivity (Wildman–Crippen MR) is 141 cm³/mol. The molecule has 0 radical (unpaired) electrons. The van der Waals surface area contributed by atoms with Gasteiger partial charge in [0.1, 0.15) is 12.4 Å². The normalized spacial score (nSPS) is 16.4. The lowest BCUT2D eigenvalue weighted by molar-refractivity contribution is -0.147. The number of carbonyl (C=O) groups is 3. The van der Waals surface area contributed by atoms with Gasteiger partial charge in [0, 0.05) is 24.7 Å². The van der Waals surface area contributed by atoms with Gasteiger partial charge in [-0.3, -0.25) is 14.5 Å². The molecule has 10 heteroatoms. The molecule has 2 saturated heterocycles. The number of hydrogen-bond acceptors (Lipinski definition) is 7. The Morgan fingerprint density at radius 2 is 1.64 bits per heavy atom.